The predicted octanol–water partition coefficient (Wildman–Crippen LogP) is 5.75. The first kappa shape index (κ1) is 15.6. The average molecular weight is 351 g/mol. The molecule has 1 spiro atoms. The second-order valence-corrected chi connectivity index (χ2v) is 7.67. The van der Waals surface area contributed by atoms with Crippen LogP contribution in [0.4, 0.5) is 0 Å². The molecule has 21 heavy (non-hydrogen) atoms. The first-order chi connectivity index (χ1) is 10.2. The average Bonchev–Trinajstić information content (AvgIpc) is 2.88. The minimum Gasteiger partial charge on any atom is -0.372 e. The van der Waals surface area contributed by atoms with Gasteiger partial charge in [-0.25, -0.2) is 0 Å². The van der Waals surface area contributed by atoms with Crippen LogP contribution in [-0.4, -0.2) is 17.0 Å². The molecule has 1 aliphatic heterocycles. The van der Waals surface area contributed by atoms with Crippen LogP contribution in [0.15, 0.2) is 24.3 Å². The first-order valence-corrected chi connectivity index (χ1v) is 9.63. The Morgan fingerprint density at radius 1 is 1.24 bits per heavy atom. The summed E-state index contributed by atoms with van der Waals surface area (Å²) < 4.78 is 6.55. The zero-order valence-corrected chi connectivity index (χ0v) is 14.7. The minimum atomic E-state index is 0.256. The van der Waals surface area contributed by atoms with E-state index in [0.29, 0.717) is 12.0 Å². The summed E-state index contributed by atoms with van der Waals surface area (Å²) >= 11 is 3.72. The number of hydrogen-bond donors (Lipinski definition) is 0. The van der Waals surface area contributed by atoms with Gasteiger partial charge < -0.3 is 4.74 Å². The third-order valence-corrected chi connectivity index (χ3v) is 6.13. The molecule has 1 aliphatic carbocycles. The monoisotopic (exact) mass is 350 g/mol. The van der Waals surface area contributed by atoms with E-state index in [1.165, 1.54) is 56.1 Å². The molecule has 0 radical (unpaired) electrons. The predicted molar refractivity (Wildman–Crippen MR) is 92.3 cm³/mol. The molecule has 1 aromatic carbocycles. The lowest BCUT2D eigenvalue weighted by atomic mass is 9.83. The molecule has 0 bridgehead atoms. The Morgan fingerprint density at radius 3 is 2.76 bits per heavy atom. The van der Waals surface area contributed by atoms with Crippen molar-refractivity contribution >= 4 is 15.9 Å². The van der Waals surface area contributed by atoms with Gasteiger partial charge in [0.2, 0.25) is 0 Å². The molecule has 3 rings (SSSR count). The van der Waals surface area contributed by atoms with E-state index >= 15 is 0 Å². The number of halogens is 1. The van der Waals surface area contributed by atoms with E-state index in [9.17, 15) is 0 Å². The van der Waals surface area contributed by atoms with Crippen LogP contribution < -0.4 is 0 Å². The Labute approximate surface area is 137 Å². The number of hydrogen-bond acceptors (Lipinski definition) is 1. The Hall–Kier alpha value is -0.340. The maximum atomic E-state index is 6.55. The van der Waals surface area contributed by atoms with E-state index < -0.39 is 0 Å². The molecule has 116 valence electrons. The second-order valence-electron chi connectivity index (χ2n) is 7.02. The number of rotatable bonds is 4. The smallest absolute Gasteiger partial charge is 0.0687 e. The normalized spacial score (nSPS) is 26.1. The molecular weight excluding hydrogens is 324 g/mol. The molecular formula is C19H27BrO. The van der Waals surface area contributed by atoms with Gasteiger partial charge in [-0.3, -0.25) is 0 Å². The summed E-state index contributed by atoms with van der Waals surface area (Å²) in [6.07, 6.45) is 10.9. The highest BCUT2D eigenvalue weighted by Crippen LogP contribution is 2.44. The van der Waals surface area contributed by atoms with E-state index in [-0.39, 0.29) is 5.60 Å². The number of ether oxygens (including phenoxy) is 1. The van der Waals surface area contributed by atoms with Crippen LogP contribution in [0.1, 0.15) is 68.4 Å². The number of benzene rings is 1. The molecule has 2 fully saturated rings. The van der Waals surface area contributed by atoms with Crippen LogP contribution >= 0.6 is 15.9 Å². The van der Waals surface area contributed by atoms with Crippen LogP contribution in [0.2, 0.25) is 0 Å². The zero-order chi connectivity index (χ0) is 14.7. The Kier molecular flexibility index (Phi) is 5.06. The van der Waals surface area contributed by atoms with Gasteiger partial charge in [0.25, 0.3) is 0 Å². The van der Waals surface area contributed by atoms with E-state index in [1.54, 1.807) is 0 Å². The zero-order valence-electron chi connectivity index (χ0n) is 13.1. The largest absolute Gasteiger partial charge is 0.372 e. The van der Waals surface area contributed by atoms with Crippen molar-refractivity contribution in [2.24, 2.45) is 0 Å². The lowest BCUT2D eigenvalue weighted by Gasteiger charge is -2.33. The second kappa shape index (κ2) is 6.83. The standard InChI is InChI=1S/C19H27BrO/c1-15-6-5-7-16(12-15)17(14-20)13-18-8-11-19(21-18)9-3-2-4-10-19/h5-7,12,17-18H,2-4,8-11,13-14H2,1H3. The van der Waals surface area contributed by atoms with Gasteiger partial charge in [-0.05, 0) is 50.5 Å². The summed E-state index contributed by atoms with van der Waals surface area (Å²) in [5, 5.41) is 1.03. The van der Waals surface area contributed by atoms with Crippen molar-refractivity contribution in [3.8, 4) is 0 Å². The fourth-order valence-electron chi connectivity index (χ4n) is 4.15. The number of aryl methyl sites for hydroxylation is 1. The van der Waals surface area contributed by atoms with Gasteiger partial charge in [-0.1, -0.05) is 65.0 Å². The summed E-state index contributed by atoms with van der Waals surface area (Å²) in [6.45, 7) is 2.18. The first-order valence-electron chi connectivity index (χ1n) is 8.51. The molecule has 0 amide bonds. The lowest BCUT2D eigenvalue weighted by molar-refractivity contribution is -0.0668. The van der Waals surface area contributed by atoms with E-state index in [1.807, 2.05) is 0 Å². The van der Waals surface area contributed by atoms with Gasteiger partial charge in [0.1, 0.15) is 0 Å². The van der Waals surface area contributed by atoms with E-state index in [0.717, 1.165) is 11.8 Å². The van der Waals surface area contributed by atoms with E-state index in [4.69, 9.17) is 4.74 Å². The molecule has 0 aromatic heterocycles. The molecule has 1 heterocycles. The van der Waals surface area contributed by atoms with Crippen LogP contribution in [0.5, 0.6) is 0 Å². The third-order valence-electron chi connectivity index (χ3n) is 5.35. The Morgan fingerprint density at radius 2 is 2.05 bits per heavy atom. The highest BCUT2D eigenvalue weighted by atomic mass is 79.9. The highest BCUT2D eigenvalue weighted by molar-refractivity contribution is 9.09. The van der Waals surface area contributed by atoms with Crippen molar-refractivity contribution in [1.29, 1.82) is 0 Å². The maximum Gasteiger partial charge on any atom is 0.0687 e. The minimum absolute atomic E-state index is 0.256. The molecule has 2 unspecified atom stereocenters. The molecule has 2 atom stereocenters. The molecule has 2 heteroatoms. The summed E-state index contributed by atoms with van der Waals surface area (Å²) in [4.78, 5) is 0. The van der Waals surface area contributed by atoms with Gasteiger partial charge in [0, 0.05) is 5.33 Å². The van der Waals surface area contributed by atoms with Crippen molar-refractivity contribution in [3.63, 3.8) is 0 Å². The van der Waals surface area contributed by atoms with Gasteiger partial charge in [0.05, 0.1) is 11.7 Å². The fraction of sp³-hybridized carbons (Fsp3) is 0.684. The van der Waals surface area contributed by atoms with Crippen molar-refractivity contribution in [1.82, 2.24) is 0 Å². The van der Waals surface area contributed by atoms with Crippen LogP contribution in [0, 0.1) is 6.92 Å². The Bertz CT molecular complexity index is 464. The van der Waals surface area contributed by atoms with Gasteiger partial charge in [0.15, 0.2) is 0 Å². The fourth-order valence-corrected chi connectivity index (χ4v) is 4.79. The van der Waals surface area contributed by atoms with Gasteiger partial charge >= 0.3 is 0 Å². The highest BCUT2D eigenvalue weighted by Gasteiger charge is 2.41. The molecule has 2 aliphatic rings. The van der Waals surface area contributed by atoms with Gasteiger partial charge in [-0.2, -0.15) is 0 Å². The van der Waals surface area contributed by atoms with Crippen molar-refractivity contribution in [3.05, 3.63) is 35.4 Å². The summed E-state index contributed by atoms with van der Waals surface area (Å²) in [5.74, 6) is 0.577. The molecule has 1 saturated heterocycles. The van der Waals surface area contributed by atoms with Crippen molar-refractivity contribution in [2.75, 3.05) is 5.33 Å². The van der Waals surface area contributed by atoms with Crippen molar-refractivity contribution < 1.29 is 4.74 Å². The SMILES string of the molecule is Cc1cccc(C(CBr)CC2CCC3(CCCCC3)O2)c1. The molecule has 1 aromatic rings. The van der Waals surface area contributed by atoms with Gasteiger partial charge in [-0.15, -0.1) is 0 Å². The van der Waals surface area contributed by atoms with Crippen LogP contribution in [-0.2, 0) is 4.74 Å². The third kappa shape index (κ3) is 3.71. The molecule has 1 saturated carbocycles. The summed E-state index contributed by atoms with van der Waals surface area (Å²) in [6, 6.07) is 8.96. The topological polar surface area (TPSA) is 9.23 Å². The van der Waals surface area contributed by atoms with Crippen molar-refractivity contribution in [2.45, 2.75) is 75.9 Å². The quantitative estimate of drug-likeness (QED) is 0.628. The van der Waals surface area contributed by atoms with E-state index in [2.05, 4.69) is 47.1 Å². The number of alkyl halides is 1. The molecule has 0 N–H and O–H groups in total. The summed E-state index contributed by atoms with van der Waals surface area (Å²) in [7, 11) is 0. The van der Waals surface area contributed by atoms with Crippen LogP contribution in [0.3, 0.4) is 0 Å². The lowest BCUT2D eigenvalue weighted by Crippen LogP contribution is -2.32. The Balaban J connectivity index is 1.63. The van der Waals surface area contributed by atoms with Crippen LogP contribution in [0.25, 0.3) is 0 Å². The maximum absolute atomic E-state index is 6.55. The molecule has 1 nitrogen and oxygen atoms in total. The summed E-state index contributed by atoms with van der Waals surface area (Å²) in [5.41, 5.74) is 3.07.